The first-order valence-corrected chi connectivity index (χ1v) is 7.10. The minimum absolute atomic E-state index is 0.00252. The van der Waals surface area contributed by atoms with Crippen molar-refractivity contribution in [3.05, 3.63) is 0 Å². The van der Waals surface area contributed by atoms with Gasteiger partial charge in [0.2, 0.25) is 10.0 Å². The van der Waals surface area contributed by atoms with E-state index < -0.39 is 10.0 Å². The number of sulfonamides is 1. The fourth-order valence-electron chi connectivity index (χ4n) is 2.11. The molecular formula is C10H22N2O2S. The summed E-state index contributed by atoms with van der Waals surface area (Å²) in [5.74, 6) is 0. The monoisotopic (exact) mass is 234 g/mol. The first-order chi connectivity index (χ1) is 6.87. The molecule has 0 aliphatic heterocycles. The molecule has 2 N–H and O–H groups in total. The largest absolute Gasteiger partial charge is 0.326 e. The smallest absolute Gasteiger partial charge is 0.216 e. The van der Waals surface area contributed by atoms with E-state index in [1.807, 2.05) is 0 Å². The number of hydrogen-bond donors (Lipinski definition) is 1. The first kappa shape index (κ1) is 12.9. The van der Waals surface area contributed by atoms with Gasteiger partial charge in [-0.15, -0.1) is 0 Å². The maximum absolute atomic E-state index is 11.9. The van der Waals surface area contributed by atoms with Gasteiger partial charge in [0, 0.05) is 19.1 Å². The Labute approximate surface area is 92.9 Å². The molecule has 0 amide bonds. The third-order valence-corrected chi connectivity index (χ3v) is 5.51. The standard InChI is InChI=1S/C10H22N2O2S/c1-8(2)15(13,14)12(3)10-7-5-4-6-9(10)11/h8-10H,4-7,11H2,1-3H3. The summed E-state index contributed by atoms with van der Waals surface area (Å²) in [4.78, 5) is 0. The van der Waals surface area contributed by atoms with Crippen LogP contribution in [0.3, 0.4) is 0 Å². The molecule has 0 saturated heterocycles. The maximum Gasteiger partial charge on any atom is 0.216 e. The Bertz CT molecular complexity index is 301. The van der Waals surface area contributed by atoms with Gasteiger partial charge in [-0.2, -0.15) is 0 Å². The fraction of sp³-hybridized carbons (Fsp3) is 1.00. The summed E-state index contributed by atoms with van der Waals surface area (Å²) in [5, 5.41) is -0.364. The summed E-state index contributed by atoms with van der Waals surface area (Å²) < 4.78 is 25.4. The Morgan fingerprint density at radius 2 is 1.80 bits per heavy atom. The zero-order valence-electron chi connectivity index (χ0n) is 9.81. The topological polar surface area (TPSA) is 63.4 Å². The molecule has 1 rings (SSSR count). The molecule has 0 spiro atoms. The van der Waals surface area contributed by atoms with Crippen LogP contribution in [-0.4, -0.2) is 37.1 Å². The van der Waals surface area contributed by atoms with Gasteiger partial charge in [0.1, 0.15) is 0 Å². The molecule has 1 saturated carbocycles. The third-order valence-electron chi connectivity index (χ3n) is 3.25. The number of nitrogens with two attached hydrogens (primary N) is 1. The van der Waals surface area contributed by atoms with Gasteiger partial charge in [-0.25, -0.2) is 12.7 Å². The second kappa shape index (κ2) is 4.80. The molecule has 4 nitrogen and oxygen atoms in total. The van der Waals surface area contributed by atoms with E-state index in [0.717, 1.165) is 25.7 Å². The molecule has 0 aromatic heterocycles. The molecule has 2 atom stereocenters. The SMILES string of the molecule is CC(C)S(=O)(=O)N(C)C1CCCCC1N. The van der Waals surface area contributed by atoms with Crippen molar-refractivity contribution in [2.24, 2.45) is 5.73 Å². The molecule has 0 bridgehead atoms. The lowest BCUT2D eigenvalue weighted by molar-refractivity contribution is 0.251. The Morgan fingerprint density at radius 3 is 2.27 bits per heavy atom. The van der Waals surface area contributed by atoms with Crippen LogP contribution in [-0.2, 0) is 10.0 Å². The van der Waals surface area contributed by atoms with Crippen LogP contribution in [0.2, 0.25) is 0 Å². The second-order valence-corrected chi connectivity index (χ2v) is 7.17. The van der Waals surface area contributed by atoms with Crippen LogP contribution < -0.4 is 5.73 Å². The normalized spacial score (nSPS) is 28.7. The van der Waals surface area contributed by atoms with Gasteiger partial charge in [0.25, 0.3) is 0 Å². The van der Waals surface area contributed by atoms with Crippen LogP contribution in [0.4, 0.5) is 0 Å². The van der Waals surface area contributed by atoms with Gasteiger partial charge in [0.05, 0.1) is 5.25 Å². The molecule has 15 heavy (non-hydrogen) atoms. The van der Waals surface area contributed by atoms with E-state index in [1.54, 1.807) is 20.9 Å². The van der Waals surface area contributed by atoms with E-state index in [9.17, 15) is 8.42 Å². The highest BCUT2D eigenvalue weighted by molar-refractivity contribution is 7.89. The molecule has 1 fully saturated rings. The molecular weight excluding hydrogens is 212 g/mol. The van der Waals surface area contributed by atoms with Gasteiger partial charge >= 0.3 is 0 Å². The van der Waals surface area contributed by atoms with Crippen LogP contribution in [0.1, 0.15) is 39.5 Å². The molecule has 1 aliphatic carbocycles. The van der Waals surface area contributed by atoms with Gasteiger partial charge in [0.15, 0.2) is 0 Å². The van der Waals surface area contributed by atoms with Gasteiger partial charge < -0.3 is 5.73 Å². The van der Waals surface area contributed by atoms with E-state index >= 15 is 0 Å². The lowest BCUT2D eigenvalue weighted by Crippen LogP contribution is -2.51. The molecule has 0 heterocycles. The molecule has 0 radical (unpaired) electrons. The van der Waals surface area contributed by atoms with Crippen LogP contribution >= 0.6 is 0 Å². The van der Waals surface area contributed by atoms with Crippen LogP contribution in [0, 0.1) is 0 Å². The summed E-state index contributed by atoms with van der Waals surface area (Å²) >= 11 is 0. The molecule has 2 unspecified atom stereocenters. The van der Waals surface area contributed by atoms with Crippen molar-refractivity contribution in [2.45, 2.75) is 56.9 Å². The lowest BCUT2D eigenvalue weighted by atomic mass is 9.91. The number of hydrogen-bond acceptors (Lipinski definition) is 3. The average molecular weight is 234 g/mol. The Kier molecular flexibility index (Phi) is 4.14. The third kappa shape index (κ3) is 2.71. The highest BCUT2D eigenvalue weighted by atomic mass is 32.2. The van der Waals surface area contributed by atoms with Crippen molar-refractivity contribution in [1.29, 1.82) is 0 Å². The number of nitrogens with zero attached hydrogens (tertiary/aromatic N) is 1. The first-order valence-electron chi connectivity index (χ1n) is 5.59. The fourth-order valence-corrected chi connectivity index (χ4v) is 3.42. The summed E-state index contributed by atoms with van der Waals surface area (Å²) in [5.41, 5.74) is 5.97. The van der Waals surface area contributed by atoms with Crippen molar-refractivity contribution in [1.82, 2.24) is 4.31 Å². The van der Waals surface area contributed by atoms with Crippen molar-refractivity contribution < 1.29 is 8.42 Å². The number of rotatable bonds is 3. The molecule has 90 valence electrons. The van der Waals surface area contributed by atoms with Crippen molar-refractivity contribution in [3.8, 4) is 0 Å². The van der Waals surface area contributed by atoms with Gasteiger partial charge in [-0.1, -0.05) is 12.8 Å². The van der Waals surface area contributed by atoms with Gasteiger partial charge in [-0.05, 0) is 26.7 Å². The molecule has 5 heteroatoms. The van der Waals surface area contributed by atoms with E-state index in [1.165, 1.54) is 4.31 Å². The van der Waals surface area contributed by atoms with Crippen molar-refractivity contribution in [3.63, 3.8) is 0 Å². The summed E-state index contributed by atoms with van der Waals surface area (Å²) in [6.07, 6.45) is 4.02. The van der Waals surface area contributed by atoms with E-state index in [0.29, 0.717) is 0 Å². The predicted molar refractivity (Wildman–Crippen MR) is 62.1 cm³/mol. The Hall–Kier alpha value is -0.130. The minimum atomic E-state index is -3.16. The van der Waals surface area contributed by atoms with E-state index in [2.05, 4.69) is 0 Å². The molecule has 0 aromatic rings. The Balaban J connectivity index is 2.79. The van der Waals surface area contributed by atoms with E-state index in [4.69, 9.17) is 5.73 Å². The van der Waals surface area contributed by atoms with Crippen molar-refractivity contribution in [2.75, 3.05) is 7.05 Å². The number of likely N-dealkylation sites (N-methyl/N-ethyl adjacent to an activating group) is 1. The average Bonchev–Trinajstić information content (AvgIpc) is 2.17. The molecule has 1 aliphatic rings. The highest BCUT2D eigenvalue weighted by Gasteiger charge is 2.33. The zero-order valence-corrected chi connectivity index (χ0v) is 10.6. The minimum Gasteiger partial charge on any atom is -0.326 e. The lowest BCUT2D eigenvalue weighted by Gasteiger charge is -2.36. The van der Waals surface area contributed by atoms with Crippen LogP contribution in [0.5, 0.6) is 0 Å². The Morgan fingerprint density at radius 1 is 1.27 bits per heavy atom. The quantitative estimate of drug-likeness (QED) is 0.790. The van der Waals surface area contributed by atoms with Crippen molar-refractivity contribution >= 4 is 10.0 Å². The predicted octanol–water partition coefficient (Wildman–Crippen LogP) is 0.926. The molecule has 0 aromatic carbocycles. The second-order valence-electron chi connectivity index (χ2n) is 4.63. The van der Waals surface area contributed by atoms with Crippen LogP contribution in [0.15, 0.2) is 0 Å². The summed E-state index contributed by atoms with van der Waals surface area (Å²) in [6.45, 7) is 3.42. The summed E-state index contributed by atoms with van der Waals surface area (Å²) in [6, 6.07) is -0.0107. The van der Waals surface area contributed by atoms with Gasteiger partial charge in [-0.3, -0.25) is 0 Å². The maximum atomic E-state index is 11.9. The van der Waals surface area contributed by atoms with E-state index in [-0.39, 0.29) is 17.3 Å². The summed E-state index contributed by atoms with van der Waals surface area (Å²) in [7, 11) is -1.50. The van der Waals surface area contributed by atoms with Crippen LogP contribution in [0.25, 0.3) is 0 Å². The highest BCUT2D eigenvalue weighted by Crippen LogP contribution is 2.24. The zero-order chi connectivity index (χ0) is 11.6.